The van der Waals surface area contributed by atoms with Crippen LogP contribution >= 0.6 is 0 Å². The third kappa shape index (κ3) is 4.95. The number of hydrogen-bond acceptors (Lipinski definition) is 4. The van der Waals surface area contributed by atoms with Crippen molar-refractivity contribution in [1.29, 1.82) is 0 Å². The quantitative estimate of drug-likeness (QED) is 0.753. The number of hydrogen-bond donors (Lipinski definition) is 0. The first kappa shape index (κ1) is 21.9. The van der Waals surface area contributed by atoms with Crippen LogP contribution in [0.1, 0.15) is 50.4 Å². The second-order valence-corrected chi connectivity index (χ2v) is 9.08. The minimum atomic E-state index is -0.232. The highest BCUT2D eigenvalue weighted by Crippen LogP contribution is 2.39. The number of likely N-dealkylation sites (tertiary alicyclic amines) is 1. The maximum Gasteiger partial charge on any atom is 0.228 e. The normalized spacial score (nSPS) is 20.6. The van der Waals surface area contributed by atoms with Gasteiger partial charge in [-0.25, -0.2) is 4.98 Å². The highest BCUT2D eigenvalue weighted by Gasteiger charge is 2.42. The molecule has 1 saturated heterocycles. The molecule has 0 saturated carbocycles. The van der Waals surface area contributed by atoms with Crippen molar-refractivity contribution in [2.75, 3.05) is 33.3 Å². The van der Waals surface area contributed by atoms with Crippen LogP contribution < -0.4 is 4.74 Å². The number of fused-ring (bicyclic) bond motifs is 1. The third-order valence-corrected chi connectivity index (χ3v) is 7.13. The first-order valence-corrected chi connectivity index (χ1v) is 11.8. The molecular weight excluding hydrogens is 388 g/mol. The molecule has 1 amide bonds. The lowest BCUT2D eigenvalue weighted by atomic mass is 9.73. The summed E-state index contributed by atoms with van der Waals surface area (Å²) in [6, 6.07) is 8.33. The van der Waals surface area contributed by atoms with Crippen molar-refractivity contribution < 1.29 is 9.53 Å². The fraction of sp³-hybridized carbons (Fsp3) is 0.600. The largest absolute Gasteiger partial charge is 0.491 e. The number of ether oxygens (including phenoxy) is 1. The SMILES string of the molecule is CCn1ccnc1CN1CCC2(CCCCc3ccccc3OCCN(C)C2=O)CC1. The van der Waals surface area contributed by atoms with Gasteiger partial charge in [0.05, 0.1) is 18.5 Å². The summed E-state index contributed by atoms with van der Waals surface area (Å²) in [5.41, 5.74) is 1.05. The number of nitrogens with zero attached hydrogens (tertiary/aromatic N) is 4. The zero-order valence-electron chi connectivity index (χ0n) is 19.1. The van der Waals surface area contributed by atoms with Gasteiger partial charge in [-0.1, -0.05) is 24.6 Å². The van der Waals surface area contributed by atoms with Crippen LogP contribution in [-0.4, -0.2) is 58.5 Å². The first-order chi connectivity index (χ1) is 15.1. The Morgan fingerprint density at radius 3 is 2.71 bits per heavy atom. The first-order valence-electron chi connectivity index (χ1n) is 11.8. The molecule has 0 bridgehead atoms. The molecule has 2 aromatic rings. The van der Waals surface area contributed by atoms with E-state index < -0.39 is 0 Å². The zero-order chi connectivity index (χ0) is 21.7. The number of piperidine rings is 1. The van der Waals surface area contributed by atoms with Crippen LogP contribution in [0.3, 0.4) is 0 Å². The van der Waals surface area contributed by atoms with Crippen LogP contribution in [0, 0.1) is 5.41 Å². The van der Waals surface area contributed by atoms with Crippen LogP contribution in [0.25, 0.3) is 0 Å². The number of carbonyl (C=O) groups is 1. The number of carbonyl (C=O) groups excluding carboxylic acids is 1. The summed E-state index contributed by atoms with van der Waals surface area (Å²) in [7, 11) is 1.94. The molecule has 4 rings (SSSR count). The molecule has 6 nitrogen and oxygen atoms in total. The summed E-state index contributed by atoms with van der Waals surface area (Å²) < 4.78 is 8.25. The van der Waals surface area contributed by atoms with E-state index in [2.05, 4.69) is 33.5 Å². The average molecular weight is 425 g/mol. The van der Waals surface area contributed by atoms with E-state index in [-0.39, 0.29) is 5.41 Å². The van der Waals surface area contributed by atoms with E-state index in [1.54, 1.807) is 0 Å². The van der Waals surface area contributed by atoms with Gasteiger partial charge in [0.25, 0.3) is 0 Å². The van der Waals surface area contributed by atoms with Crippen molar-refractivity contribution in [3.8, 4) is 5.75 Å². The Labute approximate surface area is 186 Å². The highest BCUT2D eigenvalue weighted by molar-refractivity contribution is 5.82. The van der Waals surface area contributed by atoms with Gasteiger partial charge in [0.15, 0.2) is 0 Å². The van der Waals surface area contributed by atoms with Crippen molar-refractivity contribution in [2.24, 2.45) is 5.41 Å². The minimum Gasteiger partial charge on any atom is -0.491 e. The molecule has 31 heavy (non-hydrogen) atoms. The van der Waals surface area contributed by atoms with Gasteiger partial charge in [-0.15, -0.1) is 0 Å². The predicted molar refractivity (Wildman–Crippen MR) is 122 cm³/mol. The van der Waals surface area contributed by atoms with Crippen molar-refractivity contribution in [3.63, 3.8) is 0 Å². The maximum atomic E-state index is 13.5. The molecule has 6 heteroatoms. The standard InChI is InChI=1S/C25H36N4O2/c1-3-29-17-14-26-23(29)20-28-15-12-25(13-16-28)11-7-6-9-21-8-4-5-10-22(21)31-19-18-27(2)24(25)30/h4-5,8,10,14,17H,3,6-7,9,11-13,15-16,18-20H2,1-2H3. The van der Waals surface area contributed by atoms with Gasteiger partial charge < -0.3 is 14.2 Å². The monoisotopic (exact) mass is 424 g/mol. The molecule has 2 aliphatic heterocycles. The van der Waals surface area contributed by atoms with E-state index in [9.17, 15) is 4.79 Å². The Morgan fingerprint density at radius 1 is 1.10 bits per heavy atom. The Hall–Kier alpha value is -2.34. The molecular formula is C25H36N4O2. The molecule has 1 fully saturated rings. The van der Waals surface area contributed by atoms with Crippen LogP contribution in [0.4, 0.5) is 0 Å². The summed E-state index contributed by atoms with van der Waals surface area (Å²) in [6.45, 7) is 7.05. The number of benzene rings is 1. The van der Waals surface area contributed by atoms with Crippen LogP contribution in [0.15, 0.2) is 36.7 Å². The van der Waals surface area contributed by atoms with Crippen molar-refractivity contribution >= 4 is 5.91 Å². The lowest BCUT2D eigenvalue weighted by Gasteiger charge is -2.42. The molecule has 3 heterocycles. The summed E-state index contributed by atoms with van der Waals surface area (Å²) in [5, 5.41) is 0. The van der Waals surface area contributed by atoms with Crippen molar-refractivity contribution in [1.82, 2.24) is 19.4 Å². The van der Waals surface area contributed by atoms with Gasteiger partial charge in [0.2, 0.25) is 5.91 Å². The lowest BCUT2D eigenvalue weighted by molar-refractivity contribution is -0.145. The molecule has 168 valence electrons. The zero-order valence-corrected chi connectivity index (χ0v) is 19.1. The smallest absolute Gasteiger partial charge is 0.228 e. The van der Waals surface area contributed by atoms with Gasteiger partial charge in [-0.3, -0.25) is 9.69 Å². The second kappa shape index (κ2) is 9.86. The number of aromatic nitrogens is 2. The number of para-hydroxylation sites is 1. The molecule has 0 unspecified atom stereocenters. The molecule has 0 N–H and O–H groups in total. The number of likely N-dealkylation sites (N-methyl/N-ethyl adjacent to an activating group) is 1. The topological polar surface area (TPSA) is 50.6 Å². The van der Waals surface area contributed by atoms with Crippen LogP contribution in [0.2, 0.25) is 0 Å². The number of imidazole rings is 1. The molecule has 0 atom stereocenters. The average Bonchev–Trinajstić information content (AvgIpc) is 3.24. The highest BCUT2D eigenvalue weighted by atomic mass is 16.5. The van der Waals surface area contributed by atoms with E-state index in [0.29, 0.717) is 19.1 Å². The molecule has 1 spiro atoms. The van der Waals surface area contributed by atoms with E-state index >= 15 is 0 Å². The van der Waals surface area contributed by atoms with Crippen LogP contribution in [0.5, 0.6) is 5.75 Å². The minimum absolute atomic E-state index is 0.232. The fourth-order valence-electron chi connectivity index (χ4n) is 5.12. The van der Waals surface area contributed by atoms with Gasteiger partial charge >= 0.3 is 0 Å². The fourth-order valence-corrected chi connectivity index (χ4v) is 5.12. The van der Waals surface area contributed by atoms with E-state index in [1.807, 2.05) is 36.5 Å². The van der Waals surface area contributed by atoms with Gasteiger partial charge in [0, 0.05) is 26.0 Å². The molecule has 1 aromatic carbocycles. The number of aryl methyl sites for hydroxylation is 2. The predicted octanol–water partition coefficient (Wildman–Crippen LogP) is 3.75. The van der Waals surface area contributed by atoms with E-state index in [4.69, 9.17) is 4.74 Å². The van der Waals surface area contributed by atoms with Crippen LogP contribution in [-0.2, 0) is 24.3 Å². The van der Waals surface area contributed by atoms with E-state index in [1.165, 1.54) is 5.56 Å². The molecule has 0 aliphatic carbocycles. The van der Waals surface area contributed by atoms with E-state index in [0.717, 1.165) is 76.3 Å². The van der Waals surface area contributed by atoms with Crippen molar-refractivity contribution in [2.45, 2.75) is 58.5 Å². The molecule has 2 aliphatic rings. The number of amides is 1. The van der Waals surface area contributed by atoms with Gasteiger partial charge in [-0.2, -0.15) is 0 Å². The van der Waals surface area contributed by atoms with Gasteiger partial charge in [-0.05, 0) is 63.7 Å². The van der Waals surface area contributed by atoms with Crippen molar-refractivity contribution in [3.05, 3.63) is 48.0 Å². The Morgan fingerprint density at radius 2 is 1.90 bits per heavy atom. The third-order valence-electron chi connectivity index (χ3n) is 7.13. The molecule has 1 aromatic heterocycles. The second-order valence-electron chi connectivity index (χ2n) is 9.08. The summed E-state index contributed by atoms with van der Waals surface area (Å²) >= 11 is 0. The number of rotatable bonds is 3. The Bertz CT molecular complexity index is 870. The lowest BCUT2D eigenvalue weighted by Crippen LogP contribution is -2.50. The maximum absolute atomic E-state index is 13.5. The summed E-state index contributed by atoms with van der Waals surface area (Å²) in [5.74, 6) is 2.40. The summed E-state index contributed by atoms with van der Waals surface area (Å²) in [6.07, 6.45) is 9.96. The Balaban J connectivity index is 1.43. The molecule has 0 radical (unpaired) electrons. The Kier molecular flexibility index (Phi) is 6.96. The van der Waals surface area contributed by atoms with Gasteiger partial charge in [0.1, 0.15) is 18.2 Å². The summed E-state index contributed by atoms with van der Waals surface area (Å²) in [4.78, 5) is 22.4.